The highest BCUT2D eigenvalue weighted by atomic mass is 35.5. The van der Waals surface area contributed by atoms with Gasteiger partial charge in [-0.2, -0.15) is 13.2 Å². The van der Waals surface area contributed by atoms with Gasteiger partial charge in [0, 0.05) is 4.88 Å². The van der Waals surface area contributed by atoms with Crippen LogP contribution in [-0.2, 0) is 32.2 Å². The molecule has 0 radical (unpaired) electrons. The molecular weight excluding hydrogens is 471 g/mol. The van der Waals surface area contributed by atoms with Gasteiger partial charge in [0.2, 0.25) is 0 Å². The van der Waals surface area contributed by atoms with Crippen LogP contribution < -0.4 is 10.0 Å². The van der Waals surface area contributed by atoms with Crippen molar-refractivity contribution in [3.63, 3.8) is 0 Å². The molecule has 30 heavy (non-hydrogen) atoms. The molecule has 2 aromatic rings. The summed E-state index contributed by atoms with van der Waals surface area (Å²) in [4.78, 5) is 27.5. The fourth-order valence-electron chi connectivity index (χ4n) is 2.18. The first-order valence-electron chi connectivity index (χ1n) is 8.15. The third-order valence-electron chi connectivity index (χ3n) is 3.46. The zero-order valence-electron chi connectivity index (χ0n) is 15.5. The van der Waals surface area contributed by atoms with Crippen LogP contribution >= 0.6 is 22.9 Å². The van der Waals surface area contributed by atoms with E-state index in [1.54, 1.807) is 18.6 Å². The van der Waals surface area contributed by atoms with Crippen molar-refractivity contribution in [1.82, 2.24) is 9.71 Å². The minimum atomic E-state index is -4.74. The van der Waals surface area contributed by atoms with Gasteiger partial charge in [-0.05, 0) is 37.6 Å². The number of nitrogens with zero attached hydrogens (tertiary/aromatic N) is 1. The molecule has 164 valence electrons. The van der Waals surface area contributed by atoms with E-state index < -0.39 is 44.7 Å². The summed E-state index contributed by atoms with van der Waals surface area (Å²) in [5.41, 5.74) is -0.668. The number of hydrogen-bond acceptors (Lipinski definition) is 7. The quantitative estimate of drug-likeness (QED) is 0.476. The molecule has 0 spiro atoms. The zero-order chi connectivity index (χ0) is 22.7. The lowest BCUT2D eigenvalue weighted by Crippen LogP contribution is -2.34. The van der Waals surface area contributed by atoms with Crippen LogP contribution in [0.4, 0.5) is 23.8 Å². The third kappa shape index (κ3) is 6.31. The summed E-state index contributed by atoms with van der Waals surface area (Å²) < 4.78 is 69.5. The van der Waals surface area contributed by atoms with Crippen LogP contribution in [-0.4, -0.2) is 32.0 Å². The molecule has 14 heteroatoms. The van der Waals surface area contributed by atoms with E-state index in [4.69, 9.17) is 16.3 Å². The van der Waals surface area contributed by atoms with Gasteiger partial charge in [0.15, 0.2) is 0 Å². The van der Waals surface area contributed by atoms with Crippen molar-refractivity contribution >= 4 is 50.8 Å². The smallest absolute Gasteiger partial charge is 0.416 e. The molecule has 2 N–H and O–H groups in total. The molecule has 0 fully saturated rings. The van der Waals surface area contributed by atoms with Crippen molar-refractivity contribution in [1.29, 1.82) is 0 Å². The number of nitrogens with one attached hydrogen (secondary N) is 2. The number of hydrogen-bond donors (Lipinski definition) is 2. The van der Waals surface area contributed by atoms with Crippen molar-refractivity contribution in [2.45, 2.75) is 30.7 Å². The molecule has 0 saturated heterocycles. The lowest BCUT2D eigenvalue weighted by atomic mass is 10.2. The number of aryl methyl sites for hydroxylation is 1. The van der Waals surface area contributed by atoms with Gasteiger partial charge in [0.05, 0.1) is 18.6 Å². The molecule has 2 rings (SSSR count). The molecule has 8 nitrogen and oxygen atoms in total. The Bertz CT molecular complexity index is 1070. The number of rotatable bonds is 6. The molecule has 0 atom stereocenters. The maximum absolute atomic E-state index is 12.8. The van der Waals surface area contributed by atoms with Crippen LogP contribution in [0.5, 0.6) is 0 Å². The average molecular weight is 486 g/mol. The number of thiophene rings is 1. The van der Waals surface area contributed by atoms with Crippen LogP contribution in [0.15, 0.2) is 22.4 Å². The number of amides is 2. The number of esters is 1. The number of pyridine rings is 1. The van der Waals surface area contributed by atoms with Crippen LogP contribution in [0.25, 0.3) is 0 Å². The molecule has 0 aliphatic heterocycles. The summed E-state index contributed by atoms with van der Waals surface area (Å²) >= 11 is 6.28. The minimum absolute atomic E-state index is 0.140. The van der Waals surface area contributed by atoms with Crippen LogP contribution in [0.3, 0.4) is 0 Å². The van der Waals surface area contributed by atoms with E-state index in [-0.39, 0.29) is 17.2 Å². The fourth-order valence-corrected chi connectivity index (χ4v) is 4.87. The second kappa shape index (κ2) is 9.18. The van der Waals surface area contributed by atoms with Gasteiger partial charge in [-0.15, -0.1) is 11.3 Å². The van der Waals surface area contributed by atoms with Crippen molar-refractivity contribution in [2.75, 3.05) is 11.9 Å². The van der Waals surface area contributed by atoms with Crippen molar-refractivity contribution < 1.29 is 35.9 Å². The number of anilines is 1. The Hall–Kier alpha value is -2.38. The molecule has 0 unspecified atom stereocenters. The Morgan fingerprint density at radius 2 is 1.93 bits per heavy atom. The number of urea groups is 1. The van der Waals surface area contributed by atoms with E-state index >= 15 is 0 Å². The molecule has 0 bridgehead atoms. The van der Waals surface area contributed by atoms with E-state index in [0.29, 0.717) is 22.6 Å². The Balaban J connectivity index is 2.15. The Morgan fingerprint density at radius 1 is 1.27 bits per heavy atom. The SMILES string of the molecule is CCOC(=O)Cc1sc(S(=O)(=O)NC(=O)Nc2cc(C(F)(F)F)cc(Cl)n2)cc1C. The normalized spacial score (nSPS) is 11.8. The first-order valence-corrected chi connectivity index (χ1v) is 10.8. The summed E-state index contributed by atoms with van der Waals surface area (Å²) in [6, 6.07) is 0.982. The predicted molar refractivity (Wildman–Crippen MR) is 103 cm³/mol. The van der Waals surface area contributed by atoms with Gasteiger partial charge < -0.3 is 4.74 Å². The Labute approximate surface area is 178 Å². The van der Waals surface area contributed by atoms with Gasteiger partial charge in [-0.3, -0.25) is 10.1 Å². The van der Waals surface area contributed by atoms with Gasteiger partial charge in [-0.25, -0.2) is 22.9 Å². The van der Waals surface area contributed by atoms with Crippen LogP contribution in [0.1, 0.15) is 22.9 Å². The number of sulfonamides is 1. The highest BCUT2D eigenvalue weighted by Gasteiger charge is 2.32. The minimum Gasteiger partial charge on any atom is -0.466 e. The van der Waals surface area contributed by atoms with E-state index in [9.17, 15) is 31.2 Å². The van der Waals surface area contributed by atoms with E-state index in [2.05, 4.69) is 4.98 Å². The van der Waals surface area contributed by atoms with Crippen molar-refractivity contribution in [2.24, 2.45) is 0 Å². The first kappa shape index (κ1) is 23.9. The van der Waals surface area contributed by atoms with E-state index in [1.165, 1.54) is 6.07 Å². The van der Waals surface area contributed by atoms with Crippen LogP contribution in [0, 0.1) is 6.92 Å². The lowest BCUT2D eigenvalue weighted by molar-refractivity contribution is -0.142. The summed E-state index contributed by atoms with van der Waals surface area (Å²) in [5, 5.41) is 1.36. The molecule has 0 saturated carbocycles. The third-order valence-corrected chi connectivity index (χ3v) is 6.70. The van der Waals surface area contributed by atoms with Crippen molar-refractivity contribution in [3.8, 4) is 0 Å². The predicted octanol–water partition coefficient (Wildman–Crippen LogP) is 3.74. The Kier molecular flexibility index (Phi) is 7.31. The summed E-state index contributed by atoms with van der Waals surface area (Å²) in [6.07, 6.45) is -4.88. The number of aromatic nitrogens is 1. The van der Waals surface area contributed by atoms with Gasteiger partial charge >= 0.3 is 18.2 Å². The molecule has 2 aromatic heterocycles. The fraction of sp³-hybridized carbons (Fsp3) is 0.312. The number of ether oxygens (including phenoxy) is 1. The lowest BCUT2D eigenvalue weighted by Gasteiger charge is -2.10. The molecule has 0 aliphatic carbocycles. The first-order chi connectivity index (χ1) is 13.8. The highest BCUT2D eigenvalue weighted by Crippen LogP contribution is 2.32. The number of carbonyl (C=O) groups excluding carboxylic acids is 2. The summed E-state index contributed by atoms with van der Waals surface area (Å²) in [6.45, 7) is 3.38. The van der Waals surface area contributed by atoms with Gasteiger partial charge in [0.1, 0.15) is 15.2 Å². The molecule has 0 aromatic carbocycles. The second-order valence-corrected chi connectivity index (χ2v) is 9.21. The monoisotopic (exact) mass is 485 g/mol. The maximum Gasteiger partial charge on any atom is 0.416 e. The maximum atomic E-state index is 12.8. The summed E-state index contributed by atoms with van der Waals surface area (Å²) in [5.74, 6) is -1.13. The topological polar surface area (TPSA) is 114 Å². The summed E-state index contributed by atoms with van der Waals surface area (Å²) in [7, 11) is -4.36. The standard InChI is InChI=1S/C16H15ClF3N3O5S2/c1-3-28-13(24)7-10-8(2)4-14(29-10)30(26,27)23-15(25)22-12-6-9(16(18,19)20)5-11(17)21-12/h4-6H,3,7H2,1-2H3,(H2,21,22,23,25). The molecule has 0 aliphatic rings. The number of halogens is 4. The number of carbonyl (C=O) groups is 2. The van der Waals surface area contributed by atoms with E-state index in [0.717, 1.165) is 11.3 Å². The number of alkyl halides is 3. The van der Waals surface area contributed by atoms with Crippen LogP contribution in [0.2, 0.25) is 5.15 Å². The molecular formula is C16H15ClF3N3O5S2. The molecule has 2 heterocycles. The average Bonchev–Trinajstić information content (AvgIpc) is 2.94. The van der Waals surface area contributed by atoms with E-state index in [1.807, 2.05) is 5.32 Å². The van der Waals surface area contributed by atoms with Crippen molar-refractivity contribution in [3.05, 3.63) is 39.4 Å². The van der Waals surface area contributed by atoms with Gasteiger partial charge in [0.25, 0.3) is 10.0 Å². The molecule has 2 amide bonds. The second-order valence-electron chi connectivity index (χ2n) is 5.77. The highest BCUT2D eigenvalue weighted by molar-refractivity contribution is 7.92. The largest absolute Gasteiger partial charge is 0.466 e. The zero-order valence-corrected chi connectivity index (χ0v) is 17.9. The Morgan fingerprint density at radius 3 is 2.53 bits per heavy atom. The van der Waals surface area contributed by atoms with Gasteiger partial charge in [-0.1, -0.05) is 11.6 Å².